The van der Waals surface area contributed by atoms with Crippen molar-refractivity contribution in [3.05, 3.63) is 29.8 Å². The Balaban J connectivity index is 2.45. The van der Waals surface area contributed by atoms with Crippen LogP contribution in [0.15, 0.2) is 24.3 Å². The van der Waals surface area contributed by atoms with E-state index in [0.717, 1.165) is 12.0 Å². The van der Waals surface area contributed by atoms with E-state index in [1.165, 1.54) is 0 Å². The van der Waals surface area contributed by atoms with Crippen LogP contribution in [0.3, 0.4) is 0 Å². The molecule has 0 heterocycles. The maximum absolute atomic E-state index is 11.9. The standard InChI is InChI=1S/C14H21NO3/c1-3-8-15(9-10-16)14(17)11-18-13-6-4-12(2)5-7-13/h4-7,16H,3,8-11H2,1-2H3. The average molecular weight is 251 g/mol. The number of hydrogen-bond donors (Lipinski definition) is 1. The molecule has 0 aliphatic rings. The van der Waals surface area contributed by atoms with Gasteiger partial charge in [-0.15, -0.1) is 0 Å². The highest BCUT2D eigenvalue weighted by Gasteiger charge is 2.12. The zero-order valence-corrected chi connectivity index (χ0v) is 11.1. The molecule has 0 aliphatic heterocycles. The first-order valence-corrected chi connectivity index (χ1v) is 6.25. The van der Waals surface area contributed by atoms with E-state index < -0.39 is 0 Å². The minimum absolute atomic E-state index is 0.0169. The van der Waals surface area contributed by atoms with Gasteiger partial charge in [0.2, 0.25) is 0 Å². The van der Waals surface area contributed by atoms with Crippen molar-refractivity contribution in [3.8, 4) is 5.75 Å². The van der Waals surface area contributed by atoms with Crippen LogP contribution in [0.4, 0.5) is 0 Å². The molecule has 100 valence electrons. The Morgan fingerprint density at radius 2 is 1.94 bits per heavy atom. The summed E-state index contributed by atoms with van der Waals surface area (Å²) in [5.41, 5.74) is 1.15. The molecular weight excluding hydrogens is 230 g/mol. The molecule has 1 rings (SSSR count). The van der Waals surface area contributed by atoms with Gasteiger partial charge < -0.3 is 14.7 Å². The lowest BCUT2D eigenvalue weighted by Gasteiger charge is -2.21. The molecule has 0 saturated heterocycles. The number of ether oxygens (including phenoxy) is 1. The second-order valence-corrected chi connectivity index (χ2v) is 4.21. The Morgan fingerprint density at radius 1 is 1.28 bits per heavy atom. The Kier molecular flexibility index (Phi) is 6.22. The third-order valence-electron chi connectivity index (χ3n) is 2.60. The number of amides is 1. The number of nitrogens with zero attached hydrogens (tertiary/aromatic N) is 1. The fraction of sp³-hybridized carbons (Fsp3) is 0.500. The van der Waals surface area contributed by atoms with Crippen LogP contribution in [0.1, 0.15) is 18.9 Å². The summed E-state index contributed by atoms with van der Waals surface area (Å²) in [5, 5.41) is 8.89. The number of carbonyl (C=O) groups is 1. The highest BCUT2D eigenvalue weighted by atomic mass is 16.5. The molecule has 0 radical (unpaired) electrons. The van der Waals surface area contributed by atoms with Crippen molar-refractivity contribution in [3.63, 3.8) is 0 Å². The Morgan fingerprint density at radius 3 is 2.50 bits per heavy atom. The van der Waals surface area contributed by atoms with Gasteiger partial charge in [0.15, 0.2) is 6.61 Å². The third-order valence-corrected chi connectivity index (χ3v) is 2.60. The number of aliphatic hydroxyl groups is 1. The second kappa shape index (κ2) is 7.71. The van der Waals surface area contributed by atoms with Crippen LogP contribution < -0.4 is 4.74 Å². The van der Waals surface area contributed by atoms with Gasteiger partial charge in [-0.3, -0.25) is 4.79 Å². The molecule has 1 aromatic carbocycles. The smallest absolute Gasteiger partial charge is 0.260 e. The highest BCUT2D eigenvalue weighted by Crippen LogP contribution is 2.11. The molecule has 0 aliphatic carbocycles. The van der Waals surface area contributed by atoms with E-state index in [9.17, 15) is 4.79 Å². The molecule has 0 aromatic heterocycles. The quantitative estimate of drug-likeness (QED) is 0.801. The summed E-state index contributed by atoms with van der Waals surface area (Å²) < 4.78 is 5.42. The first-order valence-electron chi connectivity index (χ1n) is 6.25. The van der Waals surface area contributed by atoms with Crippen molar-refractivity contribution in [1.29, 1.82) is 0 Å². The van der Waals surface area contributed by atoms with Crippen LogP contribution in [0.5, 0.6) is 5.75 Å². The largest absolute Gasteiger partial charge is 0.484 e. The zero-order valence-electron chi connectivity index (χ0n) is 11.1. The number of aryl methyl sites for hydroxylation is 1. The van der Waals surface area contributed by atoms with Crippen molar-refractivity contribution in [1.82, 2.24) is 4.90 Å². The molecule has 18 heavy (non-hydrogen) atoms. The molecular formula is C14H21NO3. The molecule has 0 atom stereocenters. The molecule has 4 heteroatoms. The molecule has 1 amide bonds. The van der Waals surface area contributed by atoms with Gasteiger partial charge in [0, 0.05) is 13.1 Å². The Bertz CT molecular complexity index is 356. The summed E-state index contributed by atoms with van der Waals surface area (Å²) >= 11 is 0. The Hall–Kier alpha value is -1.55. The minimum Gasteiger partial charge on any atom is -0.484 e. The van der Waals surface area contributed by atoms with E-state index in [-0.39, 0.29) is 19.1 Å². The van der Waals surface area contributed by atoms with E-state index in [1.807, 2.05) is 38.1 Å². The normalized spacial score (nSPS) is 10.2. The topological polar surface area (TPSA) is 49.8 Å². The minimum atomic E-state index is -0.0912. The van der Waals surface area contributed by atoms with Crippen LogP contribution in [0.2, 0.25) is 0 Å². The van der Waals surface area contributed by atoms with Crippen LogP contribution in [0, 0.1) is 6.92 Å². The summed E-state index contributed by atoms with van der Waals surface area (Å²) in [6.07, 6.45) is 0.871. The molecule has 1 N–H and O–H groups in total. The maximum atomic E-state index is 11.9. The van der Waals surface area contributed by atoms with E-state index in [1.54, 1.807) is 4.90 Å². The van der Waals surface area contributed by atoms with E-state index in [4.69, 9.17) is 9.84 Å². The fourth-order valence-corrected chi connectivity index (χ4v) is 1.62. The summed E-state index contributed by atoms with van der Waals surface area (Å²) in [4.78, 5) is 13.5. The fourth-order valence-electron chi connectivity index (χ4n) is 1.62. The van der Waals surface area contributed by atoms with Crippen LogP contribution in [-0.4, -0.2) is 42.2 Å². The van der Waals surface area contributed by atoms with E-state index in [0.29, 0.717) is 18.8 Å². The maximum Gasteiger partial charge on any atom is 0.260 e. The number of rotatable bonds is 7. The lowest BCUT2D eigenvalue weighted by molar-refractivity contribution is -0.133. The molecule has 4 nitrogen and oxygen atoms in total. The van der Waals surface area contributed by atoms with Gasteiger partial charge in [0.1, 0.15) is 5.75 Å². The molecule has 0 unspecified atom stereocenters. The summed E-state index contributed by atoms with van der Waals surface area (Å²) in [6.45, 7) is 5.01. The van der Waals surface area contributed by atoms with Crippen molar-refractivity contribution in [2.75, 3.05) is 26.3 Å². The predicted molar refractivity (Wildman–Crippen MR) is 70.6 cm³/mol. The summed E-state index contributed by atoms with van der Waals surface area (Å²) in [5.74, 6) is 0.598. The van der Waals surface area contributed by atoms with Gasteiger partial charge in [0.25, 0.3) is 5.91 Å². The van der Waals surface area contributed by atoms with Gasteiger partial charge in [-0.1, -0.05) is 24.6 Å². The summed E-state index contributed by atoms with van der Waals surface area (Å²) in [7, 11) is 0. The third kappa shape index (κ3) is 4.75. The first-order chi connectivity index (χ1) is 8.67. The van der Waals surface area contributed by atoms with Gasteiger partial charge in [-0.2, -0.15) is 0 Å². The summed E-state index contributed by atoms with van der Waals surface area (Å²) in [6, 6.07) is 7.58. The predicted octanol–water partition coefficient (Wildman–Crippen LogP) is 1.60. The average Bonchev–Trinajstić information content (AvgIpc) is 2.37. The monoisotopic (exact) mass is 251 g/mol. The number of benzene rings is 1. The van der Waals surface area contributed by atoms with Gasteiger partial charge in [-0.25, -0.2) is 0 Å². The van der Waals surface area contributed by atoms with Crippen molar-refractivity contribution < 1.29 is 14.6 Å². The van der Waals surface area contributed by atoms with Gasteiger partial charge in [-0.05, 0) is 25.5 Å². The molecule has 0 saturated carbocycles. The molecule has 0 spiro atoms. The number of hydrogen-bond acceptors (Lipinski definition) is 3. The van der Waals surface area contributed by atoms with E-state index in [2.05, 4.69) is 0 Å². The van der Waals surface area contributed by atoms with Crippen LogP contribution >= 0.6 is 0 Å². The Labute approximate surface area is 108 Å². The zero-order chi connectivity index (χ0) is 13.4. The molecule has 0 bridgehead atoms. The van der Waals surface area contributed by atoms with Crippen molar-refractivity contribution in [2.24, 2.45) is 0 Å². The first kappa shape index (κ1) is 14.5. The van der Waals surface area contributed by atoms with Gasteiger partial charge >= 0.3 is 0 Å². The molecule has 1 aromatic rings. The second-order valence-electron chi connectivity index (χ2n) is 4.21. The number of aliphatic hydroxyl groups excluding tert-OH is 1. The lowest BCUT2D eigenvalue weighted by atomic mass is 10.2. The van der Waals surface area contributed by atoms with Crippen LogP contribution in [0.25, 0.3) is 0 Å². The lowest BCUT2D eigenvalue weighted by Crippen LogP contribution is -2.37. The van der Waals surface area contributed by atoms with Crippen molar-refractivity contribution in [2.45, 2.75) is 20.3 Å². The van der Waals surface area contributed by atoms with Gasteiger partial charge in [0.05, 0.1) is 6.61 Å². The van der Waals surface area contributed by atoms with Crippen molar-refractivity contribution >= 4 is 5.91 Å². The van der Waals surface area contributed by atoms with Crippen LogP contribution in [-0.2, 0) is 4.79 Å². The number of carbonyl (C=O) groups excluding carboxylic acids is 1. The highest BCUT2D eigenvalue weighted by molar-refractivity contribution is 5.77. The molecule has 0 fully saturated rings. The SMILES string of the molecule is CCCN(CCO)C(=O)COc1ccc(C)cc1. The van der Waals surface area contributed by atoms with E-state index >= 15 is 0 Å².